The van der Waals surface area contributed by atoms with Crippen LogP contribution in [0.4, 0.5) is 4.39 Å². The van der Waals surface area contributed by atoms with Gasteiger partial charge in [-0.1, -0.05) is 24.8 Å². The van der Waals surface area contributed by atoms with Crippen molar-refractivity contribution in [2.24, 2.45) is 0 Å². The van der Waals surface area contributed by atoms with Gasteiger partial charge in [-0.15, -0.1) is 0 Å². The summed E-state index contributed by atoms with van der Waals surface area (Å²) in [6, 6.07) is 9.70. The van der Waals surface area contributed by atoms with Gasteiger partial charge in [0.05, 0.1) is 17.7 Å². The molecule has 0 spiro atoms. The highest BCUT2D eigenvalue weighted by atomic mass is 19.1. The van der Waals surface area contributed by atoms with Crippen molar-refractivity contribution in [2.75, 3.05) is 0 Å². The van der Waals surface area contributed by atoms with E-state index in [-0.39, 0.29) is 12.2 Å². The Balaban J connectivity index is 2.24. The monoisotopic (exact) mass is 202 g/mol. The predicted octanol–water partition coefficient (Wildman–Crippen LogP) is 2.90. The standard InChI is InChI=1S/C12H11FN2/c1-10(13)7-11-8-14-15(9-11)12-5-3-2-4-6-12/h2-6,8-9H,1,7H2. The van der Waals surface area contributed by atoms with Crippen LogP contribution in [-0.4, -0.2) is 9.78 Å². The van der Waals surface area contributed by atoms with Gasteiger partial charge in [-0.2, -0.15) is 5.10 Å². The molecule has 0 bridgehead atoms. The van der Waals surface area contributed by atoms with E-state index in [2.05, 4.69) is 11.7 Å². The molecule has 0 aliphatic heterocycles. The van der Waals surface area contributed by atoms with Gasteiger partial charge in [0.2, 0.25) is 0 Å². The minimum atomic E-state index is -0.345. The summed E-state index contributed by atoms with van der Waals surface area (Å²) in [5, 5.41) is 4.15. The van der Waals surface area contributed by atoms with Gasteiger partial charge in [-0.05, 0) is 17.7 Å². The fourth-order valence-corrected chi connectivity index (χ4v) is 1.39. The molecule has 1 aromatic heterocycles. The fourth-order valence-electron chi connectivity index (χ4n) is 1.39. The molecule has 0 saturated heterocycles. The smallest absolute Gasteiger partial charge is 0.0972 e. The molecule has 0 radical (unpaired) electrons. The summed E-state index contributed by atoms with van der Waals surface area (Å²) >= 11 is 0. The van der Waals surface area contributed by atoms with Crippen molar-refractivity contribution in [2.45, 2.75) is 6.42 Å². The molecule has 0 saturated carbocycles. The quantitative estimate of drug-likeness (QED) is 0.748. The first-order chi connectivity index (χ1) is 7.25. The zero-order chi connectivity index (χ0) is 10.7. The largest absolute Gasteiger partial charge is 0.241 e. The average molecular weight is 202 g/mol. The summed E-state index contributed by atoms with van der Waals surface area (Å²) in [6.45, 7) is 3.23. The minimum Gasteiger partial charge on any atom is -0.241 e. The van der Waals surface area contributed by atoms with E-state index in [0.29, 0.717) is 0 Å². The van der Waals surface area contributed by atoms with Crippen molar-refractivity contribution >= 4 is 0 Å². The molecule has 0 fully saturated rings. The Morgan fingerprint density at radius 3 is 2.73 bits per heavy atom. The van der Waals surface area contributed by atoms with E-state index in [1.54, 1.807) is 17.1 Å². The molecule has 0 unspecified atom stereocenters. The molecule has 0 amide bonds. The Morgan fingerprint density at radius 2 is 2.07 bits per heavy atom. The van der Waals surface area contributed by atoms with Crippen LogP contribution in [0.5, 0.6) is 0 Å². The van der Waals surface area contributed by atoms with Gasteiger partial charge >= 0.3 is 0 Å². The van der Waals surface area contributed by atoms with Gasteiger partial charge in [0, 0.05) is 12.6 Å². The van der Waals surface area contributed by atoms with Crippen LogP contribution in [0.25, 0.3) is 5.69 Å². The Hall–Kier alpha value is -1.90. The molecule has 2 nitrogen and oxygen atoms in total. The zero-order valence-corrected chi connectivity index (χ0v) is 8.23. The fraction of sp³-hybridized carbons (Fsp3) is 0.0833. The average Bonchev–Trinajstić information content (AvgIpc) is 2.67. The van der Waals surface area contributed by atoms with E-state index in [1.165, 1.54) is 0 Å². The maximum Gasteiger partial charge on any atom is 0.0972 e. The molecule has 76 valence electrons. The lowest BCUT2D eigenvalue weighted by Crippen LogP contribution is -1.92. The summed E-state index contributed by atoms with van der Waals surface area (Å²) in [4.78, 5) is 0. The van der Waals surface area contributed by atoms with Crippen LogP contribution in [0.3, 0.4) is 0 Å². The number of hydrogen-bond donors (Lipinski definition) is 0. The Kier molecular flexibility index (Phi) is 2.63. The van der Waals surface area contributed by atoms with E-state index < -0.39 is 0 Å². The maximum absolute atomic E-state index is 12.6. The van der Waals surface area contributed by atoms with Crippen LogP contribution in [0, 0.1) is 0 Å². The summed E-state index contributed by atoms with van der Waals surface area (Å²) in [5.74, 6) is -0.345. The van der Waals surface area contributed by atoms with Crippen molar-refractivity contribution in [3.05, 3.63) is 60.7 Å². The molecule has 2 rings (SSSR count). The molecular weight excluding hydrogens is 191 g/mol. The van der Waals surface area contributed by atoms with Crippen molar-refractivity contribution in [1.82, 2.24) is 9.78 Å². The molecule has 15 heavy (non-hydrogen) atoms. The molecular formula is C12H11FN2. The molecule has 1 aromatic carbocycles. The lowest BCUT2D eigenvalue weighted by atomic mass is 10.2. The van der Waals surface area contributed by atoms with Gasteiger partial charge in [-0.25, -0.2) is 9.07 Å². The topological polar surface area (TPSA) is 17.8 Å². The molecule has 0 aliphatic rings. The number of benzene rings is 1. The normalized spacial score (nSPS) is 10.2. The van der Waals surface area contributed by atoms with Crippen molar-refractivity contribution in [3.8, 4) is 5.69 Å². The van der Waals surface area contributed by atoms with E-state index in [0.717, 1.165) is 11.3 Å². The maximum atomic E-state index is 12.6. The SMILES string of the molecule is C=C(F)Cc1cnn(-c2ccccc2)c1. The molecule has 3 heteroatoms. The number of rotatable bonds is 3. The van der Waals surface area contributed by atoms with E-state index in [4.69, 9.17) is 0 Å². The van der Waals surface area contributed by atoms with Gasteiger partial charge < -0.3 is 0 Å². The summed E-state index contributed by atoms with van der Waals surface area (Å²) in [5.41, 5.74) is 1.79. The molecule has 1 heterocycles. The lowest BCUT2D eigenvalue weighted by Gasteiger charge is -1.98. The highest BCUT2D eigenvalue weighted by Gasteiger charge is 2.01. The third-order valence-corrected chi connectivity index (χ3v) is 2.05. The van der Waals surface area contributed by atoms with Gasteiger partial charge in [0.15, 0.2) is 0 Å². The van der Waals surface area contributed by atoms with Crippen molar-refractivity contribution < 1.29 is 4.39 Å². The Morgan fingerprint density at radius 1 is 1.33 bits per heavy atom. The van der Waals surface area contributed by atoms with Gasteiger partial charge in [-0.3, -0.25) is 0 Å². The highest BCUT2D eigenvalue weighted by molar-refractivity contribution is 5.31. The summed E-state index contributed by atoms with van der Waals surface area (Å²) < 4.78 is 14.3. The van der Waals surface area contributed by atoms with Gasteiger partial charge in [0.25, 0.3) is 0 Å². The first-order valence-corrected chi connectivity index (χ1v) is 4.68. The lowest BCUT2D eigenvalue weighted by molar-refractivity contribution is 0.617. The number of nitrogens with zero attached hydrogens (tertiary/aromatic N) is 2. The van der Waals surface area contributed by atoms with E-state index in [9.17, 15) is 4.39 Å². The van der Waals surface area contributed by atoms with Crippen LogP contribution in [0.2, 0.25) is 0 Å². The number of allylic oxidation sites excluding steroid dienone is 1. The second-order valence-corrected chi connectivity index (χ2v) is 3.32. The second kappa shape index (κ2) is 4.09. The van der Waals surface area contributed by atoms with Crippen LogP contribution in [0.1, 0.15) is 5.56 Å². The summed E-state index contributed by atoms with van der Waals surface area (Å²) in [7, 11) is 0. The van der Waals surface area contributed by atoms with E-state index in [1.807, 2.05) is 30.3 Å². The number of para-hydroxylation sites is 1. The second-order valence-electron chi connectivity index (χ2n) is 3.32. The van der Waals surface area contributed by atoms with Crippen LogP contribution in [-0.2, 0) is 6.42 Å². The molecule has 0 atom stereocenters. The predicted molar refractivity (Wildman–Crippen MR) is 57.5 cm³/mol. The highest BCUT2D eigenvalue weighted by Crippen LogP contribution is 2.10. The first kappa shape index (κ1) is 9.65. The molecule has 0 aliphatic carbocycles. The first-order valence-electron chi connectivity index (χ1n) is 4.68. The Bertz CT molecular complexity index is 459. The minimum absolute atomic E-state index is 0.229. The number of aromatic nitrogens is 2. The van der Waals surface area contributed by atoms with E-state index >= 15 is 0 Å². The zero-order valence-electron chi connectivity index (χ0n) is 8.23. The summed E-state index contributed by atoms with van der Waals surface area (Å²) in [6.07, 6.45) is 3.69. The van der Waals surface area contributed by atoms with Crippen LogP contribution >= 0.6 is 0 Å². The van der Waals surface area contributed by atoms with Crippen molar-refractivity contribution in [3.63, 3.8) is 0 Å². The number of hydrogen-bond acceptors (Lipinski definition) is 1. The molecule has 0 N–H and O–H groups in total. The van der Waals surface area contributed by atoms with Crippen LogP contribution < -0.4 is 0 Å². The molecule has 2 aromatic rings. The van der Waals surface area contributed by atoms with Crippen molar-refractivity contribution in [1.29, 1.82) is 0 Å². The van der Waals surface area contributed by atoms with Gasteiger partial charge in [0.1, 0.15) is 0 Å². The number of halogens is 1. The third kappa shape index (κ3) is 2.31. The third-order valence-electron chi connectivity index (χ3n) is 2.05. The van der Waals surface area contributed by atoms with Crippen LogP contribution in [0.15, 0.2) is 55.1 Å². The Labute approximate surface area is 87.7 Å².